The molecule has 3 heteroatoms. The Balaban J connectivity index is 1.93. The minimum Gasteiger partial charge on any atom is -0.457 e. The van der Waals surface area contributed by atoms with Gasteiger partial charge in [-0.3, -0.25) is 9.97 Å². The van der Waals surface area contributed by atoms with E-state index in [0.29, 0.717) is 0 Å². The molecular formula is C18H16N2O. The molecule has 0 saturated carbocycles. The Morgan fingerprint density at radius 1 is 0.857 bits per heavy atom. The van der Waals surface area contributed by atoms with Crippen LogP contribution in [0.4, 0.5) is 0 Å². The molecule has 0 radical (unpaired) electrons. The normalized spacial score (nSPS) is 10.4. The Morgan fingerprint density at radius 3 is 2.38 bits per heavy atom. The van der Waals surface area contributed by atoms with Crippen molar-refractivity contribution < 1.29 is 4.74 Å². The molecule has 0 saturated heterocycles. The number of aryl methyl sites for hydroxylation is 2. The molecule has 3 nitrogen and oxygen atoms in total. The van der Waals surface area contributed by atoms with E-state index in [2.05, 4.69) is 9.97 Å². The van der Waals surface area contributed by atoms with Gasteiger partial charge in [0.2, 0.25) is 0 Å². The Kier molecular flexibility index (Phi) is 3.65. The van der Waals surface area contributed by atoms with Gasteiger partial charge in [0.15, 0.2) is 0 Å². The quantitative estimate of drug-likeness (QED) is 0.703. The molecule has 2 aromatic carbocycles. The van der Waals surface area contributed by atoms with E-state index < -0.39 is 0 Å². The molecule has 0 bridgehead atoms. The highest BCUT2D eigenvalue weighted by atomic mass is 16.5. The summed E-state index contributed by atoms with van der Waals surface area (Å²) < 4.78 is 5.86. The van der Waals surface area contributed by atoms with Crippen LogP contribution in [0.15, 0.2) is 60.8 Å². The maximum atomic E-state index is 5.86. The van der Waals surface area contributed by atoms with E-state index in [1.54, 1.807) is 6.20 Å². The van der Waals surface area contributed by atoms with Crippen molar-refractivity contribution in [3.8, 4) is 22.8 Å². The maximum Gasteiger partial charge on any atom is 0.128 e. The molecule has 0 aliphatic rings. The first-order valence-electron chi connectivity index (χ1n) is 6.86. The zero-order valence-electron chi connectivity index (χ0n) is 12.1. The summed E-state index contributed by atoms with van der Waals surface area (Å²) in [5.41, 5.74) is 3.74. The number of hydrogen-bond acceptors (Lipinski definition) is 3. The fraction of sp³-hybridized carbons (Fsp3) is 0.111. The molecule has 1 aromatic heterocycles. The standard InChI is InChI=1S/C18H16N2O/c1-13-12-19-18(14(2)20-13)15-7-6-10-17(11-15)21-16-8-4-3-5-9-16/h3-12H,1-2H3. The van der Waals surface area contributed by atoms with Crippen LogP contribution in [0.25, 0.3) is 11.3 Å². The van der Waals surface area contributed by atoms with E-state index in [1.807, 2.05) is 68.4 Å². The lowest BCUT2D eigenvalue weighted by molar-refractivity contribution is 0.483. The van der Waals surface area contributed by atoms with Crippen molar-refractivity contribution in [1.82, 2.24) is 9.97 Å². The van der Waals surface area contributed by atoms with E-state index >= 15 is 0 Å². The zero-order chi connectivity index (χ0) is 14.7. The first-order chi connectivity index (χ1) is 10.2. The van der Waals surface area contributed by atoms with Gasteiger partial charge >= 0.3 is 0 Å². The van der Waals surface area contributed by atoms with Crippen LogP contribution >= 0.6 is 0 Å². The summed E-state index contributed by atoms with van der Waals surface area (Å²) in [5, 5.41) is 0. The summed E-state index contributed by atoms with van der Waals surface area (Å²) in [6, 6.07) is 17.6. The second-order valence-corrected chi connectivity index (χ2v) is 4.89. The van der Waals surface area contributed by atoms with Gasteiger partial charge in [0.05, 0.1) is 17.1 Å². The molecule has 0 unspecified atom stereocenters. The molecule has 0 fully saturated rings. The number of hydrogen-bond donors (Lipinski definition) is 0. The summed E-state index contributed by atoms with van der Waals surface area (Å²) >= 11 is 0. The predicted molar refractivity (Wildman–Crippen MR) is 83.5 cm³/mol. The average Bonchev–Trinajstić information content (AvgIpc) is 2.48. The van der Waals surface area contributed by atoms with Crippen LogP contribution in [0.5, 0.6) is 11.5 Å². The van der Waals surface area contributed by atoms with Crippen molar-refractivity contribution in [2.75, 3.05) is 0 Å². The third kappa shape index (κ3) is 3.08. The van der Waals surface area contributed by atoms with E-state index in [4.69, 9.17) is 4.74 Å². The van der Waals surface area contributed by atoms with Gasteiger partial charge < -0.3 is 4.74 Å². The lowest BCUT2D eigenvalue weighted by Crippen LogP contribution is -1.94. The molecule has 104 valence electrons. The molecule has 3 aromatic rings. The van der Waals surface area contributed by atoms with E-state index in [9.17, 15) is 0 Å². The summed E-state index contributed by atoms with van der Waals surface area (Å²) in [6.07, 6.45) is 1.78. The van der Waals surface area contributed by atoms with Gasteiger partial charge in [0.25, 0.3) is 0 Å². The number of nitrogens with zero attached hydrogens (tertiary/aromatic N) is 2. The molecule has 0 aliphatic carbocycles. The number of ether oxygens (including phenoxy) is 1. The maximum absolute atomic E-state index is 5.86. The predicted octanol–water partition coefficient (Wildman–Crippen LogP) is 4.55. The first kappa shape index (κ1) is 13.3. The average molecular weight is 276 g/mol. The number of para-hydroxylation sites is 1. The number of benzene rings is 2. The van der Waals surface area contributed by atoms with Gasteiger partial charge in [0.1, 0.15) is 11.5 Å². The van der Waals surface area contributed by atoms with E-state index in [-0.39, 0.29) is 0 Å². The fourth-order valence-electron chi connectivity index (χ4n) is 2.21. The Labute approximate surface area is 124 Å². The molecular weight excluding hydrogens is 260 g/mol. The first-order valence-corrected chi connectivity index (χ1v) is 6.86. The topological polar surface area (TPSA) is 35.0 Å². The number of aromatic nitrogens is 2. The van der Waals surface area contributed by atoms with Crippen molar-refractivity contribution in [1.29, 1.82) is 0 Å². The number of rotatable bonds is 3. The second-order valence-electron chi connectivity index (χ2n) is 4.89. The SMILES string of the molecule is Cc1cnc(-c2cccc(Oc3ccccc3)c2)c(C)n1. The molecule has 0 atom stereocenters. The lowest BCUT2D eigenvalue weighted by atomic mass is 10.1. The molecule has 21 heavy (non-hydrogen) atoms. The summed E-state index contributed by atoms with van der Waals surface area (Å²) in [4.78, 5) is 8.94. The smallest absolute Gasteiger partial charge is 0.128 e. The van der Waals surface area contributed by atoms with E-state index in [1.165, 1.54) is 0 Å². The summed E-state index contributed by atoms with van der Waals surface area (Å²) in [6.45, 7) is 3.92. The van der Waals surface area contributed by atoms with Gasteiger partial charge in [-0.05, 0) is 38.1 Å². The summed E-state index contributed by atoms with van der Waals surface area (Å²) in [5.74, 6) is 1.61. The third-order valence-corrected chi connectivity index (χ3v) is 3.15. The fourth-order valence-corrected chi connectivity index (χ4v) is 2.21. The van der Waals surface area contributed by atoms with Crippen molar-refractivity contribution in [3.63, 3.8) is 0 Å². The van der Waals surface area contributed by atoms with Crippen LogP contribution in [0.2, 0.25) is 0 Å². The molecule has 1 heterocycles. The van der Waals surface area contributed by atoms with Crippen molar-refractivity contribution in [3.05, 3.63) is 72.2 Å². The zero-order valence-corrected chi connectivity index (χ0v) is 12.1. The Morgan fingerprint density at radius 2 is 1.62 bits per heavy atom. The monoisotopic (exact) mass is 276 g/mol. The van der Waals surface area contributed by atoms with Crippen LogP contribution in [-0.2, 0) is 0 Å². The third-order valence-electron chi connectivity index (χ3n) is 3.15. The van der Waals surface area contributed by atoms with Crippen molar-refractivity contribution in [2.24, 2.45) is 0 Å². The van der Waals surface area contributed by atoms with Crippen LogP contribution < -0.4 is 4.74 Å². The van der Waals surface area contributed by atoms with Gasteiger partial charge in [0, 0.05) is 11.8 Å². The summed E-state index contributed by atoms with van der Waals surface area (Å²) in [7, 11) is 0. The molecule has 0 spiro atoms. The second kappa shape index (κ2) is 5.75. The highest BCUT2D eigenvalue weighted by molar-refractivity contribution is 5.63. The van der Waals surface area contributed by atoms with Gasteiger partial charge in [-0.25, -0.2) is 0 Å². The van der Waals surface area contributed by atoms with Gasteiger partial charge in [-0.1, -0.05) is 30.3 Å². The highest BCUT2D eigenvalue weighted by Crippen LogP contribution is 2.27. The Hall–Kier alpha value is -2.68. The molecule has 0 aliphatic heterocycles. The minimum atomic E-state index is 0.792. The largest absolute Gasteiger partial charge is 0.457 e. The minimum absolute atomic E-state index is 0.792. The van der Waals surface area contributed by atoms with Gasteiger partial charge in [-0.15, -0.1) is 0 Å². The lowest BCUT2D eigenvalue weighted by Gasteiger charge is -2.09. The molecule has 0 amide bonds. The van der Waals surface area contributed by atoms with Crippen LogP contribution in [0, 0.1) is 13.8 Å². The van der Waals surface area contributed by atoms with Crippen LogP contribution in [0.1, 0.15) is 11.4 Å². The van der Waals surface area contributed by atoms with E-state index in [0.717, 1.165) is 34.1 Å². The van der Waals surface area contributed by atoms with Gasteiger partial charge in [-0.2, -0.15) is 0 Å². The molecule has 0 N–H and O–H groups in total. The Bertz CT molecular complexity index is 754. The highest BCUT2D eigenvalue weighted by Gasteiger charge is 2.06. The van der Waals surface area contributed by atoms with Crippen LogP contribution in [0.3, 0.4) is 0 Å². The van der Waals surface area contributed by atoms with Crippen molar-refractivity contribution >= 4 is 0 Å². The van der Waals surface area contributed by atoms with Crippen LogP contribution in [-0.4, -0.2) is 9.97 Å². The van der Waals surface area contributed by atoms with Crippen molar-refractivity contribution in [2.45, 2.75) is 13.8 Å². The molecule has 3 rings (SSSR count).